The average Bonchev–Trinajstić information content (AvgIpc) is 2.63. The van der Waals surface area contributed by atoms with Crippen LogP contribution in [0.25, 0.3) is 0 Å². The molecule has 0 aliphatic heterocycles. The first-order chi connectivity index (χ1) is 12.4. The Balaban J connectivity index is 1.89. The van der Waals surface area contributed by atoms with E-state index >= 15 is 0 Å². The minimum Gasteiger partial charge on any atom is -0.490 e. The Bertz CT molecular complexity index is 746. The molecule has 5 nitrogen and oxygen atoms in total. The Labute approximate surface area is 148 Å². The number of benzene rings is 1. The smallest absolute Gasteiger partial charge is 0.422 e. The lowest BCUT2D eigenvalue weighted by Gasteiger charge is -2.10. The molecule has 0 aliphatic carbocycles. The van der Waals surface area contributed by atoms with Crippen molar-refractivity contribution in [1.82, 2.24) is 10.3 Å². The van der Waals surface area contributed by atoms with Gasteiger partial charge in [0.25, 0.3) is 5.91 Å². The summed E-state index contributed by atoms with van der Waals surface area (Å²) in [6, 6.07) is 9.46. The molecular weight excluding hydrogens is 349 g/mol. The molecule has 0 spiro atoms. The van der Waals surface area contributed by atoms with Gasteiger partial charge in [-0.3, -0.25) is 4.79 Å². The Morgan fingerprint density at radius 2 is 1.92 bits per heavy atom. The van der Waals surface area contributed by atoms with Gasteiger partial charge in [-0.05, 0) is 35.9 Å². The molecule has 0 fully saturated rings. The van der Waals surface area contributed by atoms with Crippen molar-refractivity contribution >= 4 is 5.91 Å². The Morgan fingerprint density at radius 1 is 1.19 bits per heavy atom. The van der Waals surface area contributed by atoms with E-state index < -0.39 is 12.8 Å². The molecule has 1 heterocycles. The molecule has 0 atom stereocenters. The van der Waals surface area contributed by atoms with Gasteiger partial charge in [-0.25, -0.2) is 4.98 Å². The average molecular weight is 366 g/mol. The molecule has 0 saturated heterocycles. The number of carbonyl (C=O) groups excluding carboxylic acids is 1. The van der Waals surface area contributed by atoms with Crippen LogP contribution in [0.5, 0.6) is 11.6 Å². The lowest BCUT2D eigenvalue weighted by atomic mass is 10.2. The molecule has 0 radical (unpaired) electrons. The summed E-state index contributed by atoms with van der Waals surface area (Å²) >= 11 is 0. The molecule has 138 valence electrons. The van der Waals surface area contributed by atoms with Gasteiger partial charge < -0.3 is 14.8 Å². The Morgan fingerprint density at radius 3 is 2.58 bits per heavy atom. The van der Waals surface area contributed by atoms with Gasteiger partial charge in [0, 0.05) is 24.4 Å². The number of pyridine rings is 1. The largest absolute Gasteiger partial charge is 0.490 e. The standard InChI is InChI=1S/C18H17F3N2O3/c1-2-9-25-15-5-3-14(4-6-15)17(24)23-11-13-7-8-22-16(10-13)26-12-18(19,20)21/h2-8,10H,1,9,11-12H2,(H,23,24). The van der Waals surface area contributed by atoms with Crippen molar-refractivity contribution in [1.29, 1.82) is 0 Å². The number of hydrogen-bond acceptors (Lipinski definition) is 4. The lowest BCUT2D eigenvalue weighted by molar-refractivity contribution is -0.154. The fourth-order valence-corrected chi connectivity index (χ4v) is 1.94. The van der Waals surface area contributed by atoms with Crippen molar-refractivity contribution < 1.29 is 27.4 Å². The Kier molecular flexibility index (Phi) is 6.60. The first kappa shape index (κ1) is 19.3. The number of hydrogen-bond donors (Lipinski definition) is 1. The van der Waals surface area contributed by atoms with Crippen LogP contribution in [-0.4, -0.2) is 30.3 Å². The summed E-state index contributed by atoms with van der Waals surface area (Å²) in [4.78, 5) is 15.8. The van der Waals surface area contributed by atoms with Crippen LogP contribution >= 0.6 is 0 Å². The van der Waals surface area contributed by atoms with Gasteiger partial charge in [0.2, 0.25) is 5.88 Å². The number of nitrogens with one attached hydrogen (secondary N) is 1. The third-order valence-electron chi connectivity index (χ3n) is 3.12. The maximum Gasteiger partial charge on any atom is 0.422 e. The molecule has 0 saturated carbocycles. The predicted octanol–water partition coefficient (Wildman–Crippen LogP) is 3.52. The highest BCUT2D eigenvalue weighted by Crippen LogP contribution is 2.17. The number of carbonyl (C=O) groups is 1. The fourth-order valence-electron chi connectivity index (χ4n) is 1.94. The third-order valence-corrected chi connectivity index (χ3v) is 3.12. The molecule has 1 N–H and O–H groups in total. The topological polar surface area (TPSA) is 60.5 Å². The summed E-state index contributed by atoms with van der Waals surface area (Å²) in [5.74, 6) is 0.134. The number of alkyl halides is 3. The van der Waals surface area contributed by atoms with Crippen LogP contribution in [0.1, 0.15) is 15.9 Å². The molecule has 2 rings (SSSR count). The van der Waals surface area contributed by atoms with Gasteiger partial charge in [-0.15, -0.1) is 0 Å². The molecule has 0 aliphatic rings. The number of halogens is 3. The highest BCUT2D eigenvalue weighted by molar-refractivity contribution is 5.94. The second-order valence-corrected chi connectivity index (χ2v) is 5.21. The van der Waals surface area contributed by atoms with Crippen LogP contribution in [0.15, 0.2) is 55.3 Å². The van der Waals surface area contributed by atoms with Crippen LogP contribution in [0.2, 0.25) is 0 Å². The van der Waals surface area contributed by atoms with Crippen LogP contribution in [0.4, 0.5) is 13.2 Å². The summed E-state index contributed by atoms with van der Waals surface area (Å²) in [5, 5.41) is 2.68. The maximum atomic E-state index is 12.2. The first-order valence-corrected chi connectivity index (χ1v) is 7.64. The normalized spacial score (nSPS) is 10.9. The van der Waals surface area contributed by atoms with Crippen molar-refractivity contribution in [3.63, 3.8) is 0 Å². The number of aromatic nitrogens is 1. The summed E-state index contributed by atoms with van der Waals surface area (Å²) in [7, 11) is 0. The van der Waals surface area contributed by atoms with Crippen molar-refractivity contribution in [2.75, 3.05) is 13.2 Å². The van der Waals surface area contributed by atoms with Crippen LogP contribution in [0, 0.1) is 0 Å². The lowest BCUT2D eigenvalue weighted by Crippen LogP contribution is -2.23. The fraction of sp³-hybridized carbons (Fsp3) is 0.222. The van der Waals surface area contributed by atoms with E-state index in [0.29, 0.717) is 23.5 Å². The molecule has 26 heavy (non-hydrogen) atoms. The van der Waals surface area contributed by atoms with E-state index in [-0.39, 0.29) is 18.3 Å². The van der Waals surface area contributed by atoms with Crippen molar-refractivity contribution in [3.05, 3.63) is 66.4 Å². The van der Waals surface area contributed by atoms with Gasteiger partial charge >= 0.3 is 6.18 Å². The van der Waals surface area contributed by atoms with Crippen LogP contribution < -0.4 is 14.8 Å². The first-order valence-electron chi connectivity index (χ1n) is 7.64. The number of nitrogens with zero attached hydrogens (tertiary/aromatic N) is 1. The molecular formula is C18H17F3N2O3. The van der Waals surface area contributed by atoms with Gasteiger partial charge in [-0.1, -0.05) is 12.7 Å². The van der Waals surface area contributed by atoms with E-state index in [4.69, 9.17) is 4.74 Å². The van der Waals surface area contributed by atoms with Crippen LogP contribution in [0.3, 0.4) is 0 Å². The quantitative estimate of drug-likeness (QED) is 0.727. The molecule has 8 heteroatoms. The minimum atomic E-state index is -4.44. The minimum absolute atomic E-state index is 0.123. The van der Waals surface area contributed by atoms with E-state index in [1.807, 2.05) is 0 Å². The third kappa shape index (κ3) is 6.46. The van der Waals surface area contributed by atoms with Crippen molar-refractivity contribution in [3.8, 4) is 11.6 Å². The van der Waals surface area contributed by atoms with E-state index in [1.54, 1.807) is 36.4 Å². The molecule has 1 amide bonds. The highest BCUT2D eigenvalue weighted by atomic mass is 19.4. The molecule has 1 aromatic heterocycles. The van der Waals surface area contributed by atoms with Crippen LogP contribution in [-0.2, 0) is 6.54 Å². The van der Waals surface area contributed by atoms with Crippen molar-refractivity contribution in [2.24, 2.45) is 0 Å². The summed E-state index contributed by atoms with van der Waals surface area (Å²) in [6.45, 7) is 2.62. The zero-order valence-electron chi connectivity index (χ0n) is 13.8. The second-order valence-electron chi connectivity index (χ2n) is 5.21. The zero-order chi connectivity index (χ0) is 19.0. The SMILES string of the molecule is C=CCOc1ccc(C(=O)NCc2ccnc(OCC(F)(F)F)c2)cc1. The monoisotopic (exact) mass is 366 g/mol. The summed E-state index contributed by atoms with van der Waals surface area (Å²) in [5.41, 5.74) is 0.995. The van der Waals surface area contributed by atoms with Gasteiger partial charge in [0.05, 0.1) is 0 Å². The maximum absolute atomic E-state index is 12.2. The molecule has 2 aromatic rings. The highest BCUT2D eigenvalue weighted by Gasteiger charge is 2.28. The number of amides is 1. The number of ether oxygens (including phenoxy) is 2. The molecule has 0 bridgehead atoms. The zero-order valence-corrected chi connectivity index (χ0v) is 13.8. The molecule has 1 aromatic carbocycles. The van der Waals surface area contributed by atoms with E-state index in [1.165, 1.54) is 12.3 Å². The van der Waals surface area contributed by atoms with Gasteiger partial charge in [-0.2, -0.15) is 13.2 Å². The molecule has 0 unspecified atom stereocenters. The second kappa shape index (κ2) is 8.89. The predicted molar refractivity (Wildman–Crippen MR) is 89.1 cm³/mol. The van der Waals surface area contributed by atoms with Gasteiger partial charge in [0.1, 0.15) is 12.4 Å². The summed E-state index contributed by atoms with van der Waals surface area (Å²) < 4.78 is 46.4. The summed E-state index contributed by atoms with van der Waals surface area (Å²) in [6.07, 6.45) is -1.51. The van der Waals surface area contributed by atoms with E-state index in [2.05, 4.69) is 21.6 Å². The number of rotatable bonds is 8. The van der Waals surface area contributed by atoms with E-state index in [9.17, 15) is 18.0 Å². The van der Waals surface area contributed by atoms with Gasteiger partial charge in [0.15, 0.2) is 6.61 Å². The Hall–Kier alpha value is -3.03. The van der Waals surface area contributed by atoms with Crippen molar-refractivity contribution in [2.45, 2.75) is 12.7 Å². The van der Waals surface area contributed by atoms with E-state index in [0.717, 1.165) is 0 Å².